The fourth-order valence-corrected chi connectivity index (χ4v) is 3.65. The summed E-state index contributed by atoms with van der Waals surface area (Å²) >= 11 is 6.08. The maximum Gasteiger partial charge on any atom is 0.355 e. The van der Waals surface area contributed by atoms with Gasteiger partial charge in [-0.2, -0.15) is 5.10 Å². The van der Waals surface area contributed by atoms with Crippen molar-refractivity contribution < 1.29 is 14.3 Å². The molecule has 7 heteroatoms. The minimum absolute atomic E-state index is 0.145. The Morgan fingerprint density at radius 2 is 1.62 bits per heavy atom. The molecule has 1 aliphatic rings. The van der Waals surface area contributed by atoms with E-state index in [2.05, 4.69) is 10.4 Å². The van der Waals surface area contributed by atoms with Crippen LogP contribution in [0, 0.1) is 0 Å². The van der Waals surface area contributed by atoms with E-state index in [0.29, 0.717) is 17.1 Å². The van der Waals surface area contributed by atoms with Crippen molar-refractivity contribution in [1.82, 2.24) is 0 Å². The molecule has 0 saturated heterocycles. The summed E-state index contributed by atoms with van der Waals surface area (Å²) in [5.74, 6) is -1.09. The van der Waals surface area contributed by atoms with E-state index >= 15 is 0 Å². The van der Waals surface area contributed by atoms with Crippen molar-refractivity contribution in [3.8, 4) is 0 Å². The Labute approximate surface area is 191 Å². The number of rotatable bonds is 6. The second kappa shape index (κ2) is 9.66. The van der Waals surface area contributed by atoms with Crippen LogP contribution in [0.15, 0.2) is 90.0 Å². The average molecular weight is 448 g/mol. The molecule has 0 fully saturated rings. The zero-order valence-corrected chi connectivity index (χ0v) is 18.2. The van der Waals surface area contributed by atoms with Crippen molar-refractivity contribution in [1.29, 1.82) is 0 Å². The van der Waals surface area contributed by atoms with Crippen LogP contribution >= 0.6 is 11.6 Å². The number of amides is 1. The molecule has 3 aromatic rings. The molecule has 2 unspecified atom stereocenters. The molecular weight excluding hydrogens is 426 g/mol. The van der Waals surface area contributed by atoms with Gasteiger partial charge in [-0.3, -0.25) is 9.80 Å². The van der Waals surface area contributed by atoms with Gasteiger partial charge in [0.25, 0.3) is 5.91 Å². The molecule has 2 atom stereocenters. The van der Waals surface area contributed by atoms with E-state index in [1.165, 1.54) is 6.92 Å². The predicted octanol–water partition coefficient (Wildman–Crippen LogP) is 5.22. The Morgan fingerprint density at radius 3 is 2.31 bits per heavy atom. The van der Waals surface area contributed by atoms with E-state index < -0.39 is 18.0 Å². The number of hydrogen-bond donors (Lipinski definition) is 1. The second-order valence-corrected chi connectivity index (χ2v) is 7.78. The number of ether oxygens (including phenoxy) is 1. The van der Waals surface area contributed by atoms with Crippen LogP contribution in [0.5, 0.6) is 0 Å². The summed E-state index contributed by atoms with van der Waals surface area (Å²) in [6.07, 6.45) is -0.640. The van der Waals surface area contributed by atoms with Gasteiger partial charge in [0.2, 0.25) is 0 Å². The van der Waals surface area contributed by atoms with E-state index in [4.69, 9.17) is 16.3 Å². The van der Waals surface area contributed by atoms with E-state index in [9.17, 15) is 9.59 Å². The molecule has 1 aliphatic heterocycles. The van der Waals surface area contributed by atoms with Gasteiger partial charge in [-0.25, -0.2) is 4.79 Å². The van der Waals surface area contributed by atoms with Gasteiger partial charge in [0.1, 0.15) is 5.71 Å². The molecule has 0 saturated carbocycles. The van der Waals surface area contributed by atoms with E-state index in [1.807, 2.05) is 65.7 Å². The smallest absolute Gasteiger partial charge is 0.355 e. The summed E-state index contributed by atoms with van der Waals surface area (Å²) in [6, 6.07) is 26.2. The summed E-state index contributed by atoms with van der Waals surface area (Å²) in [6.45, 7) is 1.52. The van der Waals surface area contributed by atoms with Crippen LogP contribution in [-0.2, 0) is 14.3 Å². The molecule has 0 bridgehead atoms. The Morgan fingerprint density at radius 1 is 1.00 bits per heavy atom. The first-order valence-electron chi connectivity index (χ1n) is 10.3. The van der Waals surface area contributed by atoms with Gasteiger partial charge in [-0.05, 0) is 36.8 Å². The number of anilines is 2. The molecule has 3 aromatic carbocycles. The number of esters is 1. The van der Waals surface area contributed by atoms with Gasteiger partial charge >= 0.3 is 5.97 Å². The maximum absolute atomic E-state index is 12.8. The van der Waals surface area contributed by atoms with Crippen molar-refractivity contribution in [2.24, 2.45) is 5.10 Å². The highest BCUT2D eigenvalue weighted by molar-refractivity contribution is 6.37. The van der Waals surface area contributed by atoms with Crippen LogP contribution in [0.4, 0.5) is 11.4 Å². The van der Waals surface area contributed by atoms with Crippen LogP contribution in [0.25, 0.3) is 0 Å². The summed E-state index contributed by atoms with van der Waals surface area (Å²) in [4.78, 5) is 25.3. The van der Waals surface area contributed by atoms with Crippen LogP contribution in [0.1, 0.15) is 24.9 Å². The van der Waals surface area contributed by atoms with Crippen LogP contribution in [0.2, 0.25) is 5.02 Å². The molecule has 0 spiro atoms. The van der Waals surface area contributed by atoms with Crippen LogP contribution < -0.4 is 10.3 Å². The Kier molecular flexibility index (Phi) is 6.52. The SMILES string of the molecule is CC(OC(=O)C1=NN(c2ccccc2)C(c2ccccc2)C1)C(=O)Nc1ccccc1Cl. The van der Waals surface area contributed by atoms with Crippen LogP contribution in [0.3, 0.4) is 0 Å². The van der Waals surface area contributed by atoms with Crippen molar-refractivity contribution >= 4 is 40.6 Å². The molecule has 162 valence electrons. The lowest BCUT2D eigenvalue weighted by atomic mass is 10.0. The normalized spacial score (nSPS) is 16.2. The predicted molar refractivity (Wildman–Crippen MR) is 126 cm³/mol. The van der Waals surface area contributed by atoms with Gasteiger partial charge in [-0.1, -0.05) is 72.3 Å². The summed E-state index contributed by atoms with van der Waals surface area (Å²) in [5, 5.41) is 9.45. The third kappa shape index (κ3) is 4.81. The number of hydrazone groups is 1. The summed E-state index contributed by atoms with van der Waals surface area (Å²) in [5.41, 5.74) is 2.63. The minimum Gasteiger partial charge on any atom is -0.448 e. The van der Waals surface area contributed by atoms with Gasteiger partial charge in [0, 0.05) is 6.42 Å². The molecule has 6 nitrogen and oxygen atoms in total. The maximum atomic E-state index is 12.8. The van der Waals surface area contributed by atoms with Crippen molar-refractivity contribution in [3.05, 3.63) is 95.5 Å². The van der Waals surface area contributed by atoms with Crippen LogP contribution in [-0.4, -0.2) is 23.7 Å². The van der Waals surface area contributed by atoms with Crippen molar-refractivity contribution in [2.75, 3.05) is 10.3 Å². The third-order valence-electron chi connectivity index (χ3n) is 5.14. The molecule has 4 rings (SSSR count). The Hall–Kier alpha value is -3.64. The number of hydrogen-bond acceptors (Lipinski definition) is 5. The average Bonchev–Trinajstić information content (AvgIpc) is 3.27. The van der Waals surface area contributed by atoms with Gasteiger partial charge < -0.3 is 10.1 Å². The summed E-state index contributed by atoms with van der Waals surface area (Å²) in [7, 11) is 0. The monoisotopic (exact) mass is 447 g/mol. The highest BCUT2D eigenvalue weighted by atomic mass is 35.5. The first kappa shape index (κ1) is 21.6. The standard InChI is InChI=1S/C25H22ClN3O3/c1-17(24(30)27-21-15-9-8-14-20(21)26)32-25(31)22-16-23(18-10-4-2-5-11-18)29(28-22)19-12-6-3-7-13-19/h2-15,17,23H,16H2,1H3,(H,27,30). The third-order valence-corrected chi connectivity index (χ3v) is 5.47. The first-order valence-corrected chi connectivity index (χ1v) is 10.6. The van der Waals surface area contributed by atoms with E-state index in [1.54, 1.807) is 24.3 Å². The first-order chi connectivity index (χ1) is 15.5. The lowest BCUT2D eigenvalue weighted by Crippen LogP contribution is -2.32. The van der Waals surface area contributed by atoms with Crippen molar-refractivity contribution in [2.45, 2.75) is 25.5 Å². The second-order valence-electron chi connectivity index (χ2n) is 7.37. The number of benzene rings is 3. The molecule has 1 amide bonds. The van der Waals surface area contributed by atoms with Crippen molar-refractivity contribution in [3.63, 3.8) is 0 Å². The zero-order chi connectivity index (χ0) is 22.5. The molecular formula is C25H22ClN3O3. The number of para-hydroxylation sites is 2. The molecule has 0 radical (unpaired) electrons. The number of nitrogens with zero attached hydrogens (tertiary/aromatic N) is 2. The lowest BCUT2D eigenvalue weighted by molar-refractivity contribution is -0.146. The van der Waals surface area contributed by atoms with E-state index in [0.717, 1.165) is 11.3 Å². The van der Waals surface area contributed by atoms with Gasteiger partial charge in [0.15, 0.2) is 6.10 Å². The Bertz CT molecular complexity index is 1140. The molecule has 0 aliphatic carbocycles. The fraction of sp³-hybridized carbons (Fsp3) is 0.160. The number of nitrogens with one attached hydrogen (secondary N) is 1. The fourth-order valence-electron chi connectivity index (χ4n) is 3.47. The molecule has 1 N–H and O–H groups in total. The van der Waals surface area contributed by atoms with E-state index in [-0.39, 0.29) is 11.8 Å². The quantitative estimate of drug-likeness (QED) is 0.526. The summed E-state index contributed by atoms with van der Waals surface area (Å²) < 4.78 is 5.43. The topological polar surface area (TPSA) is 71.0 Å². The van der Waals surface area contributed by atoms with Gasteiger partial charge in [-0.15, -0.1) is 0 Å². The zero-order valence-electron chi connectivity index (χ0n) is 17.4. The number of carbonyl (C=O) groups excluding carboxylic acids is 2. The number of carbonyl (C=O) groups is 2. The largest absolute Gasteiger partial charge is 0.448 e. The van der Waals surface area contributed by atoms with Gasteiger partial charge in [0.05, 0.1) is 22.4 Å². The molecule has 32 heavy (non-hydrogen) atoms. The highest BCUT2D eigenvalue weighted by Crippen LogP contribution is 2.35. The lowest BCUT2D eigenvalue weighted by Gasteiger charge is -2.23. The highest BCUT2D eigenvalue weighted by Gasteiger charge is 2.34. The molecule has 1 heterocycles. The number of halogens is 1. The molecule has 0 aromatic heterocycles. The minimum atomic E-state index is -1.01. The Balaban J connectivity index is 1.49.